The predicted octanol–water partition coefficient (Wildman–Crippen LogP) is 20.0. The molecule has 0 bridgehead atoms. The maximum atomic E-state index is 12.9. The van der Waals surface area contributed by atoms with Crippen LogP contribution < -0.4 is 0 Å². The van der Waals surface area contributed by atoms with Crippen LogP contribution in [0.4, 0.5) is 0 Å². The van der Waals surface area contributed by atoms with Crippen molar-refractivity contribution in [2.45, 2.75) is 329 Å². The molecule has 0 aliphatic carbocycles. The molecule has 0 saturated heterocycles. The van der Waals surface area contributed by atoms with Crippen molar-refractivity contribution in [3.63, 3.8) is 0 Å². The van der Waals surface area contributed by atoms with Crippen molar-refractivity contribution in [1.29, 1.82) is 0 Å². The van der Waals surface area contributed by atoms with E-state index < -0.39 is 6.10 Å². The summed E-state index contributed by atoms with van der Waals surface area (Å²) >= 11 is 0. The van der Waals surface area contributed by atoms with Crippen LogP contribution in [0.15, 0.2) is 36.5 Å². The van der Waals surface area contributed by atoms with Crippen molar-refractivity contribution in [3.05, 3.63) is 36.5 Å². The van der Waals surface area contributed by atoms with Gasteiger partial charge in [-0.25, -0.2) is 0 Å². The largest absolute Gasteiger partial charge is 0.462 e. The summed E-state index contributed by atoms with van der Waals surface area (Å²) in [6.45, 7) is 6.65. The number of ether oxygens (including phenoxy) is 3. The Morgan fingerprint density at radius 1 is 0.294 bits per heavy atom. The quantitative estimate of drug-likeness (QED) is 0.0262. The van der Waals surface area contributed by atoms with Gasteiger partial charge in [0, 0.05) is 19.3 Å². The maximum Gasteiger partial charge on any atom is 0.306 e. The SMILES string of the molecule is CCCCC/C=C\C/C=C\C/C=C\CCCCCCCCC(=O)OC[C@@H](COC(=O)CCCCCCCCCCCCCCC)OC(=O)CCCCCCCCCCCCCCCCCCCC. The van der Waals surface area contributed by atoms with E-state index in [1.54, 1.807) is 0 Å². The molecule has 0 aromatic heterocycles. The number of hydrogen-bond donors (Lipinski definition) is 0. The zero-order valence-electron chi connectivity index (χ0n) is 45.6. The highest BCUT2D eigenvalue weighted by Crippen LogP contribution is 2.17. The molecule has 0 aliphatic rings. The Hall–Kier alpha value is -2.37. The van der Waals surface area contributed by atoms with E-state index in [0.29, 0.717) is 19.3 Å². The molecule has 0 saturated carbocycles. The van der Waals surface area contributed by atoms with E-state index in [1.807, 2.05) is 0 Å². The van der Waals surface area contributed by atoms with E-state index in [2.05, 4.69) is 57.2 Å². The molecule has 398 valence electrons. The fourth-order valence-corrected chi connectivity index (χ4v) is 8.86. The topological polar surface area (TPSA) is 78.9 Å². The summed E-state index contributed by atoms with van der Waals surface area (Å²) in [5.74, 6) is -0.863. The lowest BCUT2D eigenvalue weighted by atomic mass is 10.0. The van der Waals surface area contributed by atoms with Crippen LogP contribution in [0.3, 0.4) is 0 Å². The molecule has 1 atom stereocenters. The molecule has 0 radical (unpaired) electrons. The van der Waals surface area contributed by atoms with Crippen LogP contribution in [0.2, 0.25) is 0 Å². The van der Waals surface area contributed by atoms with Gasteiger partial charge in [-0.2, -0.15) is 0 Å². The van der Waals surface area contributed by atoms with Gasteiger partial charge in [-0.05, 0) is 57.8 Å². The minimum Gasteiger partial charge on any atom is -0.462 e. The van der Waals surface area contributed by atoms with Gasteiger partial charge in [0.25, 0.3) is 0 Å². The first-order valence-corrected chi connectivity index (χ1v) is 30.0. The Morgan fingerprint density at radius 3 is 0.853 bits per heavy atom. The average Bonchev–Trinajstić information content (AvgIpc) is 3.34. The van der Waals surface area contributed by atoms with Crippen LogP contribution in [0.1, 0.15) is 323 Å². The lowest BCUT2D eigenvalue weighted by Gasteiger charge is -2.18. The highest BCUT2D eigenvalue weighted by atomic mass is 16.6. The van der Waals surface area contributed by atoms with Gasteiger partial charge < -0.3 is 14.2 Å². The number of hydrogen-bond acceptors (Lipinski definition) is 6. The number of esters is 3. The van der Waals surface area contributed by atoms with E-state index in [9.17, 15) is 14.4 Å². The summed E-state index contributed by atoms with van der Waals surface area (Å²) in [5.41, 5.74) is 0. The Kier molecular flexibility index (Phi) is 55.2. The molecule has 6 nitrogen and oxygen atoms in total. The van der Waals surface area contributed by atoms with Crippen LogP contribution in [-0.4, -0.2) is 37.2 Å². The first kappa shape index (κ1) is 65.6. The molecule has 0 unspecified atom stereocenters. The van der Waals surface area contributed by atoms with Crippen molar-refractivity contribution < 1.29 is 28.6 Å². The molecule has 0 aromatic carbocycles. The van der Waals surface area contributed by atoms with Crippen LogP contribution in [0.5, 0.6) is 0 Å². The van der Waals surface area contributed by atoms with Gasteiger partial charge in [-0.3, -0.25) is 14.4 Å². The van der Waals surface area contributed by atoms with Gasteiger partial charge in [0.05, 0.1) is 0 Å². The fraction of sp³-hybridized carbons (Fsp3) is 0.855. The van der Waals surface area contributed by atoms with E-state index in [-0.39, 0.29) is 31.1 Å². The third kappa shape index (κ3) is 54.6. The van der Waals surface area contributed by atoms with Crippen LogP contribution in [0, 0.1) is 0 Å². The normalized spacial score (nSPS) is 12.2. The van der Waals surface area contributed by atoms with E-state index in [0.717, 1.165) is 77.0 Å². The molecule has 0 rings (SSSR count). The zero-order chi connectivity index (χ0) is 49.3. The zero-order valence-corrected chi connectivity index (χ0v) is 45.6. The van der Waals surface area contributed by atoms with Crippen molar-refractivity contribution >= 4 is 17.9 Å². The molecule has 0 aliphatic heterocycles. The van der Waals surface area contributed by atoms with Gasteiger partial charge in [0.1, 0.15) is 13.2 Å². The van der Waals surface area contributed by atoms with Gasteiger partial charge >= 0.3 is 17.9 Å². The highest BCUT2D eigenvalue weighted by molar-refractivity contribution is 5.71. The molecule has 6 heteroatoms. The van der Waals surface area contributed by atoms with Gasteiger partial charge in [0.15, 0.2) is 6.10 Å². The predicted molar refractivity (Wildman–Crippen MR) is 293 cm³/mol. The minimum atomic E-state index is -0.773. The van der Waals surface area contributed by atoms with Crippen LogP contribution in [-0.2, 0) is 28.6 Å². The molecule has 0 heterocycles. The first-order chi connectivity index (χ1) is 33.5. The number of carbonyl (C=O) groups is 3. The Balaban J connectivity index is 4.34. The third-order valence-corrected chi connectivity index (χ3v) is 13.4. The van der Waals surface area contributed by atoms with E-state index in [1.165, 1.54) is 205 Å². The second-order valence-electron chi connectivity index (χ2n) is 20.3. The molecular formula is C62H114O6. The summed E-state index contributed by atoms with van der Waals surface area (Å²) in [6, 6.07) is 0. The van der Waals surface area contributed by atoms with Gasteiger partial charge in [-0.15, -0.1) is 0 Å². The molecule has 0 aromatic rings. The maximum absolute atomic E-state index is 12.9. The monoisotopic (exact) mass is 955 g/mol. The van der Waals surface area contributed by atoms with Gasteiger partial charge in [0.2, 0.25) is 0 Å². The molecule has 68 heavy (non-hydrogen) atoms. The van der Waals surface area contributed by atoms with Crippen LogP contribution >= 0.6 is 0 Å². The number of carbonyl (C=O) groups excluding carboxylic acids is 3. The molecule has 0 fully saturated rings. The summed E-state index contributed by atoms with van der Waals surface area (Å²) in [6.07, 6.45) is 68.5. The summed E-state index contributed by atoms with van der Waals surface area (Å²) in [4.78, 5) is 38.2. The van der Waals surface area contributed by atoms with E-state index in [4.69, 9.17) is 14.2 Å². The standard InChI is InChI=1S/C62H114O6/c1-4-7-10-13-16-19-22-25-27-29-31-33-34-37-40-43-46-49-52-55-61(64)67-58-59(57-66-60(63)54-51-48-45-42-39-36-24-21-18-15-12-9-6-3)68-62(65)56-53-50-47-44-41-38-35-32-30-28-26-23-20-17-14-11-8-5-2/h16,19,25,27,31,33,59H,4-15,17-18,20-24,26,28-30,32,34-58H2,1-3H3/b19-16-,27-25-,33-31-/t59-/m1/s1. The highest BCUT2D eigenvalue weighted by Gasteiger charge is 2.19. The van der Waals surface area contributed by atoms with Crippen molar-refractivity contribution in [1.82, 2.24) is 0 Å². The van der Waals surface area contributed by atoms with Crippen molar-refractivity contribution in [2.24, 2.45) is 0 Å². The Bertz CT molecular complexity index is 1140. The molecular weight excluding hydrogens is 841 g/mol. The Morgan fingerprint density at radius 2 is 0.529 bits per heavy atom. The van der Waals surface area contributed by atoms with Crippen molar-refractivity contribution in [2.75, 3.05) is 13.2 Å². The first-order valence-electron chi connectivity index (χ1n) is 30.0. The number of unbranched alkanes of at least 4 members (excludes halogenated alkanes) is 38. The second kappa shape index (κ2) is 57.2. The lowest BCUT2D eigenvalue weighted by Crippen LogP contribution is -2.30. The van der Waals surface area contributed by atoms with E-state index >= 15 is 0 Å². The summed E-state index contributed by atoms with van der Waals surface area (Å²) < 4.78 is 16.9. The van der Waals surface area contributed by atoms with Crippen molar-refractivity contribution in [3.8, 4) is 0 Å². The minimum absolute atomic E-state index is 0.0713. The Labute approximate surface area is 423 Å². The third-order valence-electron chi connectivity index (χ3n) is 13.4. The summed E-state index contributed by atoms with van der Waals surface area (Å²) in [7, 11) is 0. The smallest absolute Gasteiger partial charge is 0.306 e. The second-order valence-corrected chi connectivity index (χ2v) is 20.3. The van der Waals surface area contributed by atoms with Gasteiger partial charge in [-0.1, -0.05) is 282 Å². The lowest BCUT2D eigenvalue weighted by molar-refractivity contribution is -0.167. The molecule has 0 spiro atoms. The molecule has 0 amide bonds. The number of rotatable bonds is 55. The fourth-order valence-electron chi connectivity index (χ4n) is 8.86. The molecule has 0 N–H and O–H groups in total. The number of allylic oxidation sites excluding steroid dienone is 6. The summed E-state index contributed by atoms with van der Waals surface area (Å²) in [5, 5.41) is 0. The van der Waals surface area contributed by atoms with Crippen LogP contribution in [0.25, 0.3) is 0 Å². The average molecular weight is 956 g/mol.